The van der Waals surface area contributed by atoms with Gasteiger partial charge in [-0.15, -0.1) is 0 Å². The van der Waals surface area contributed by atoms with Crippen LogP contribution in [0.4, 0.5) is 0 Å². The van der Waals surface area contributed by atoms with Gasteiger partial charge in [-0.2, -0.15) is 4.31 Å². The van der Waals surface area contributed by atoms with Crippen LogP contribution in [0.15, 0.2) is 54.6 Å². The molecule has 0 aromatic heterocycles. The molecule has 1 saturated heterocycles. The molecule has 5 atom stereocenters. The molecule has 2 aromatic carbocycles. The third-order valence-corrected chi connectivity index (χ3v) is 9.19. The summed E-state index contributed by atoms with van der Waals surface area (Å²) in [5.41, 5.74) is 2.33. The van der Waals surface area contributed by atoms with Crippen LogP contribution in [0.1, 0.15) is 49.9 Å². The Balaban J connectivity index is 1.50. The van der Waals surface area contributed by atoms with E-state index in [0.717, 1.165) is 22.9 Å². The maximum absolute atomic E-state index is 13.7. The van der Waals surface area contributed by atoms with Crippen molar-refractivity contribution in [3.05, 3.63) is 71.3 Å². The first-order chi connectivity index (χ1) is 19.7. The molecular formula is C31H44N4O6S. The van der Waals surface area contributed by atoms with Crippen LogP contribution in [-0.4, -0.2) is 95.9 Å². The van der Waals surface area contributed by atoms with Crippen LogP contribution in [0.5, 0.6) is 0 Å². The molecule has 2 amide bonds. The molecule has 230 valence electrons. The molecule has 4 rings (SSSR count). The minimum absolute atomic E-state index is 0.0135. The van der Waals surface area contributed by atoms with E-state index in [1.54, 1.807) is 0 Å². The topological polar surface area (TPSA) is 139 Å². The summed E-state index contributed by atoms with van der Waals surface area (Å²) in [6.45, 7) is 6.13. The summed E-state index contributed by atoms with van der Waals surface area (Å²) in [5, 5.41) is 28.0. The van der Waals surface area contributed by atoms with E-state index in [4.69, 9.17) is 0 Å². The maximum Gasteiger partial charge on any atom is 0.239 e. The Labute approximate surface area is 249 Å². The van der Waals surface area contributed by atoms with Crippen LogP contribution in [0.3, 0.4) is 0 Å². The van der Waals surface area contributed by atoms with Crippen molar-refractivity contribution >= 4 is 21.8 Å². The zero-order valence-corrected chi connectivity index (χ0v) is 25.7. The lowest BCUT2D eigenvalue weighted by Gasteiger charge is -2.41. The Bertz CT molecular complexity index is 1350. The number of hydrogen-bond acceptors (Lipinski definition) is 7. The zero-order chi connectivity index (χ0) is 30.7. The molecule has 4 N–H and O–H groups in total. The predicted molar refractivity (Wildman–Crippen MR) is 161 cm³/mol. The number of amides is 2. The average molecular weight is 601 g/mol. The van der Waals surface area contributed by atoms with Gasteiger partial charge in [0.1, 0.15) is 6.04 Å². The van der Waals surface area contributed by atoms with Crippen LogP contribution in [0, 0.1) is 5.92 Å². The zero-order valence-electron chi connectivity index (χ0n) is 24.9. The largest absolute Gasteiger partial charge is 0.392 e. The van der Waals surface area contributed by atoms with Gasteiger partial charge in [-0.3, -0.25) is 14.5 Å². The highest BCUT2D eigenvalue weighted by molar-refractivity contribution is 7.88. The second-order valence-corrected chi connectivity index (χ2v) is 14.6. The molecule has 1 aliphatic carbocycles. The summed E-state index contributed by atoms with van der Waals surface area (Å²) in [5.74, 6) is -1.17. The van der Waals surface area contributed by atoms with Crippen molar-refractivity contribution in [2.45, 2.75) is 69.9 Å². The molecule has 2 aliphatic rings. The van der Waals surface area contributed by atoms with Crippen LogP contribution in [0.2, 0.25) is 0 Å². The number of nitrogens with one attached hydrogen (secondary N) is 2. The van der Waals surface area contributed by atoms with Gasteiger partial charge < -0.3 is 20.8 Å². The number of piperazine rings is 1. The highest BCUT2D eigenvalue weighted by Gasteiger charge is 2.39. The van der Waals surface area contributed by atoms with E-state index in [1.165, 1.54) is 4.31 Å². The first kappa shape index (κ1) is 32.1. The lowest BCUT2D eigenvalue weighted by atomic mass is 9.91. The molecular weight excluding hydrogens is 556 g/mol. The van der Waals surface area contributed by atoms with Crippen molar-refractivity contribution in [1.29, 1.82) is 0 Å². The summed E-state index contributed by atoms with van der Waals surface area (Å²) < 4.78 is 25.8. The quantitative estimate of drug-likeness (QED) is 0.322. The van der Waals surface area contributed by atoms with Gasteiger partial charge in [-0.25, -0.2) is 8.42 Å². The van der Waals surface area contributed by atoms with Crippen molar-refractivity contribution in [2.75, 3.05) is 32.4 Å². The molecule has 1 fully saturated rings. The highest BCUT2D eigenvalue weighted by Crippen LogP contribution is 2.32. The summed E-state index contributed by atoms with van der Waals surface area (Å²) in [7, 11) is -3.50. The molecule has 0 spiro atoms. The van der Waals surface area contributed by atoms with Crippen LogP contribution in [-0.2, 0) is 32.5 Å². The van der Waals surface area contributed by atoms with E-state index in [0.29, 0.717) is 12.8 Å². The second kappa shape index (κ2) is 13.2. The standard InChI is InChI=1S/C31H44N4O6S/c1-31(2,3)33-30(39)26-20-35(42(4,40)41)15-14-34(26)19-24(36)17-23(16-21-10-6-5-7-11-21)29(38)32-28-25-13-9-8-12-22(25)18-27(28)37/h5-13,23-24,26-28,36-37H,14-20H2,1-4H3,(H,32,38)(H,33,39)/t23-,24+,26+,27-,28+/m1/s1. The Morgan fingerprint density at radius 2 is 1.71 bits per heavy atom. The Morgan fingerprint density at radius 1 is 1.05 bits per heavy atom. The van der Waals surface area contributed by atoms with Gasteiger partial charge in [0.25, 0.3) is 0 Å². The van der Waals surface area contributed by atoms with Crippen molar-refractivity contribution in [3.63, 3.8) is 0 Å². The Morgan fingerprint density at radius 3 is 2.38 bits per heavy atom. The number of nitrogens with zero attached hydrogens (tertiary/aromatic N) is 2. The number of aliphatic hydroxyl groups excluding tert-OH is 2. The average Bonchev–Trinajstić information content (AvgIpc) is 3.22. The van der Waals surface area contributed by atoms with Gasteiger partial charge in [0.05, 0.1) is 24.5 Å². The van der Waals surface area contributed by atoms with Gasteiger partial charge >= 0.3 is 0 Å². The third kappa shape index (κ3) is 8.38. The van der Waals surface area contributed by atoms with Crippen molar-refractivity contribution < 1.29 is 28.2 Å². The van der Waals surface area contributed by atoms with Crippen LogP contribution in [0.25, 0.3) is 0 Å². The number of benzene rings is 2. The fourth-order valence-corrected chi connectivity index (χ4v) is 6.72. The molecule has 11 heteroatoms. The first-order valence-corrected chi connectivity index (χ1v) is 16.4. The lowest BCUT2D eigenvalue weighted by Crippen LogP contribution is -2.62. The van der Waals surface area contributed by atoms with Gasteiger partial charge in [0.2, 0.25) is 21.8 Å². The van der Waals surface area contributed by atoms with Gasteiger partial charge in [-0.1, -0.05) is 54.6 Å². The number of carbonyl (C=O) groups excluding carboxylic acids is 2. The SMILES string of the molecule is CC(C)(C)NC(=O)[C@@H]1CN(S(C)(=O)=O)CCN1C[C@@H](O)C[C@@H](Cc1ccccc1)C(=O)N[C@H]1c2ccccc2C[C@H]1O. The first-order valence-electron chi connectivity index (χ1n) is 14.5. The Kier molecular flexibility index (Phi) is 10.1. The number of β-amino-alcohol motifs (C(OH)–C–C–N with tert-alkyl or cyclic N) is 1. The fraction of sp³-hybridized carbons (Fsp3) is 0.548. The monoisotopic (exact) mass is 600 g/mol. The number of sulfonamides is 1. The second-order valence-electron chi connectivity index (χ2n) is 12.6. The van der Waals surface area contributed by atoms with E-state index < -0.39 is 45.8 Å². The van der Waals surface area contributed by atoms with Gasteiger partial charge in [0, 0.05) is 44.1 Å². The Hall–Kier alpha value is -2.83. The number of fused-ring (bicyclic) bond motifs is 1. The van der Waals surface area contributed by atoms with Gasteiger partial charge in [0.15, 0.2) is 0 Å². The van der Waals surface area contributed by atoms with E-state index in [1.807, 2.05) is 80.3 Å². The van der Waals surface area contributed by atoms with E-state index in [2.05, 4.69) is 10.6 Å². The normalized spacial score (nSPS) is 23.1. The van der Waals surface area contributed by atoms with Crippen LogP contribution >= 0.6 is 0 Å². The number of carbonyl (C=O) groups is 2. The number of rotatable bonds is 10. The van der Waals surface area contributed by atoms with E-state index >= 15 is 0 Å². The van der Waals surface area contributed by atoms with Crippen LogP contribution < -0.4 is 10.6 Å². The summed E-state index contributed by atoms with van der Waals surface area (Å²) in [6.07, 6.45) is 0.421. The highest BCUT2D eigenvalue weighted by atomic mass is 32.2. The maximum atomic E-state index is 13.7. The summed E-state index contributed by atoms with van der Waals surface area (Å²) in [6, 6.07) is 15.9. The van der Waals surface area contributed by atoms with Crippen molar-refractivity contribution in [3.8, 4) is 0 Å². The number of aliphatic hydroxyl groups is 2. The molecule has 1 aliphatic heterocycles. The predicted octanol–water partition coefficient (Wildman–Crippen LogP) is 1.23. The molecule has 0 radical (unpaired) electrons. The molecule has 0 saturated carbocycles. The van der Waals surface area contributed by atoms with E-state index in [9.17, 15) is 28.2 Å². The lowest BCUT2D eigenvalue weighted by molar-refractivity contribution is -0.131. The van der Waals surface area contributed by atoms with Crippen molar-refractivity contribution in [1.82, 2.24) is 19.8 Å². The number of hydrogen-bond donors (Lipinski definition) is 4. The smallest absolute Gasteiger partial charge is 0.239 e. The molecule has 0 bridgehead atoms. The molecule has 1 heterocycles. The minimum Gasteiger partial charge on any atom is -0.392 e. The van der Waals surface area contributed by atoms with Gasteiger partial charge in [-0.05, 0) is 50.3 Å². The third-order valence-electron chi connectivity index (χ3n) is 7.92. The minimum atomic E-state index is -3.50. The summed E-state index contributed by atoms with van der Waals surface area (Å²) in [4.78, 5) is 28.7. The molecule has 10 nitrogen and oxygen atoms in total. The molecule has 0 unspecified atom stereocenters. The summed E-state index contributed by atoms with van der Waals surface area (Å²) >= 11 is 0. The van der Waals surface area contributed by atoms with E-state index in [-0.39, 0.29) is 44.4 Å². The molecule has 2 aromatic rings. The fourth-order valence-electron chi connectivity index (χ4n) is 5.89. The van der Waals surface area contributed by atoms with Crippen molar-refractivity contribution in [2.24, 2.45) is 5.92 Å². The molecule has 42 heavy (non-hydrogen) atoms.